The average molecular weight is 262 g/mol. The van der Waals surface area contributed by atoms with E-state index in [1.54, 1.807) is 0 Å². The minimum absolute atomic E-state index is 0.0542. The Kier molecular flexibility index (Phi) is 5.19. The standard InChI is InChI=1S/C14H18N2O3/c1-10(2)9-16(7-3-6-15)14(19)12-8-11(17)4-5-13(12)18/h4-5,8,10,17-18H,3,7,9H2,1-2H3. The Labute approximate surface area is 112 Å². The van der Waals surface area contributed by atoms with Crippen LogP contribution in [-0.4, -0.2) is 34.1 Å². The van der Waals surface area contributed by atoms with Crippen LogP contribution in [0.5, 0.6) is 11.5 Å². The number of amides is 1. The fourth-order valence-corrected chi connectivity index (χ4v) is 1.77. The molecule has 0 aromatic heterocycles. The number of carbonyl (C=O) groups excluding carboxylic acids is 1. The molecular formula is C14H18N2O3. The monoisotopic (exact) mass is 262 g/mol. The number of carbonyl (C=O) groups is 1. The number of aromatic hydroxyl groups is 2. The lowest BCUT2D eigenvalue weighted by Crippen LogP contribution is -2.35. The molecule has 1 aromatic carbocycles. The van der Waals surface area contributed by atoms with E-state index in [4.69, 9.17) is 5.26 Å². The summed E-state index contributed by atoms with van der Waals surface area (Å²) in [7, 11) is 0. The van der Waals surface area contributed by atoms with Crippen LogP contribution in [0, 0.1) is 17.2 Å². The van der Waals surface area contributed by atoms with Crippen molar-refractivity contribution in [1.29, 1.82) is 5.26 Å². The zero-order chi connectivity index (χ0) is 14.4. The molecule has 2 N–H and O–H groups in total. The summed E-state index contributed by atoms with van der Waals surface area (Å²) in [4.78, 5) is 13.8. The molecule has 0 spiro atoms. The SMILES string of the molecule is CC(C)CN(CCC#N)C(=O)c1cc(O)ccc1O. The maximum absolute atomic E-state index is 12.3. The maximum atomic E-state index is 12.3. The van der Waals surface area contributed by atoms with Gasteiger partial charge in [0.1, 0.15) is 11.5 Å². The molecule has 19 heavy (non-hydrogen) atoms. The fraction of sp³-hybridized carbons (Fsp3) is 0.429. The van der Waals surface area contributed by atoms with E-state index in [1.165, 1.54) is 23.1 Å². The Balaban J connectivity index is 2.97. The topological polar surface area (TPSA) is 84.6 Å². The highest BCUT2D eigenvalue weighted by atomic mass is 16.3. The van der Waals surface area contributed by atoms with Gasteiger partial charge in [-0.05, 0) is 24.1 Å². The van der Waals surface area contributed by atoms with Crippen molar-refractivity contribution in [3.05, 3.63) is 23.8 Å². The highest BCUT2D eigenvalue weighted by Crippen LogP contribution is 2.24. The van der Waals surface area contributed by atoms with Gasteiger partial charge in [-0.3, -0.25) is 4.79 Å². The van der Waals surface area contributed by atoms with Crippen LogP contribution in [0.2, 0.25) is 0 Å². The molecule has 5 nitrogen and oxygen atoms in total. The van der Waals surface area contributed by atoms with Gasteiger partial charge in [-0.1, -0.05) is 13.8 Å². The first-order valence-corrected chi connectivity index (χ1v) is 6.14. The van der Waals surface area contributed by atoms with Crippen molar-refractivity contribution in [3.63, 3.8) is 0 Å². The number of nitriles is 1. The molecule has 0 radical (unpaired) electrons. The molecule has 0 saturated carbocycles. The van der Waals surface area contributed by atoms with Crippen LogP contribution in [0.3, 0.4) is 0 Å². The zero-order valence-corrected chi connectivity index (χ0v) is 11.1. The van der Waals surface area contributed by atoms with Crippen LogP contribution in [0.25, 0.3) is 0 Å². The van der Waals surface area contributed by atoms with Gasteiger partial charge in [-0.2, -0.15) is 5.26 Å². The van der Waals surface area contributed by atoms with Gasteiger partial charge in [0.25, 0.3) is 5.91 Å². The molecule has 1 amide bonds. The van der Waals surface area contributed by atoms with E-state index in [1.807, 2.05) is 19.9 Å². The van der Waals surface area contributed by atoms with Crippen LogP contribution in [0.1, 0.15) is 30.6 Å². The third-order valence-corrected chi connectivity index (χ3v) is 2.58. The quantitative estimate of drug-likeness (QED) is 0.796. The van der Waals surface area contributed by atoms with Crippen LogP contribution in [-0.2, 0) is 0 Å². The van der Waals surface area contributed by atoms with Gasteiger partial charge in [0.2, 0.25) is 0 Å². The molecule has 0 heterocycles. The van der Waals surface area contributed by atoms with E-state index < -0.39 is 0 Å². The van der Waals surface area contributed by atoms with Crippen LogP contribution in [0.15, 0.2) is 18.2 Å². The Morgan fingerprint density at radius 3 is 2.68 bits per heavy atom. The first kappa shape index (κ1) is 14.8. The highest BCUT2D eigenvalue weighted by Gasteiger charge is 2.20. The van der Waals surface area contributed by atoms with Crippen LogP contribution in [0.4, 0.5) is 0 Å². The Morgan fingerprint density at radius 1 is 1.42 bits per heavy atom. The van der Waals surface area contributed by atoms with Crippen molar-refractivity contribution in [2.24, 2.45) is 5.92 Å². The van der Waals surface area contributed by atoms with Crippen molar-refractivity contribution < 1.29 is 15.0 Å². The van der Waals surface area contributed by atoms with Crippen LogP contribution < -0.4 is 0 Å². The average Bonchev–Trinajstić information content (AvgIpc) is 2.36. The molecule has 0 saturated heterocycles. The maximum Gasteiger partial charge on any atom is 0.257 e. The second-order valence-corrected chi connectivity index (χ2v) is 4.75. The van der Waals surface area contributed by atoms with E-state index in [-0.39, 0.29) is 35.3 Å². The summed E-state index contributed by atoms with van der Waals surface area (Å²) < 4.78 is 0. The van der Waals surface area contributed by atoms with Crippen molar-refractivity contribution in [2.75, 3.05) is 13.1 Å². The summed E-state index contributed by atoms with van der Waals surface area (Å²) in [6.07, 6.45) is 0.234. The molecule has 0 fully saturated rings. The predicted molar refractivity (Wildman–Crippen MR) is 70.7 cm³/mol. The molecule has 1 rings (SSSR count). The van der Waals surface area contributed by atoms with E-state index >= 15 is 0 Å². The predicted octanol–water partition coefficient (Wildman–Crippen LogP) is 2.11. The number of hydrogen-bond acceptors (Lipinski definition) is 4. The fourth-order valence-electron chi connectivity index (χ4n) is 1.77. The zero-order valence-electron chi connectivity index (χ0n) is 11.1. The molecule has 0 aliphatic rings. The number of rotatable bonds is 5. The van der Waals surface area contributed by atoms with Crippen LogP contribution >= 0.6 is 0 Å². The van der Waals surface area contributed by atoms with Gasteiger partial charge in [0.15, 0.2) is 0 Å². The van der Waals surface area contributed by atoms with E-state index in [0.29, 0.717) is 13.1 Å². The molecule has 5 heteroatoms. The second kappa shape index (κ2) is 6.64. The number of hydrogen-bond donors (Lipinski definition) is 2. The number of benzene rings is 1. The van der Waals surface area contributed by atoms with Crippen molar-refractivity contribution in [2.45, 2.75) is 20.3 Å². The number of phenols is 2. The number of nitrogens with zero attached hydrogens (tertiary/aromatic N) is 2. The van der Waals surface area contributed by atoms with Gasteiger partial charge in [0.05, 0.1) is 18.1 Å². The van der Waals surface area contributed by atoms with Gasteiger partial charge >= 0.3 is 0 Å². The van der Waals surface area contributed by atoms with Crippen molar-refractivity contribution in [1.82, 2.24) is 4.90 Å². The van der Waals surface area contributed by atoms with Crippen molar-refractivity contribution in [3.8, 4) is 17.6 Å². The Hall–Kier alpha value is -2.22. The third-order valence-electron chi connectivity index (χ3n) is 2.58. The van der Waals surface area contributed by atoms with Gasteiger partial charge in [-0.15, -0.1) is 0 Å². The first-order valence-electron chi connectivity index (χ1n) is 6.14. The summed E-state index contributed by atoms with van der Waals surface area (Å²) in [6.45, 7) is 4.74. The summed E-state index contributed by atoms with van der Waals surface area (Å²) in [5, 5.41) is 27.7. The summed E-state index contributed by atoms with van der Waals surface area (Å²) in [5.74, 6) is -0.376. The molecule has 0 atom stereocenters. The van der Waals surface area contributed by atoms with Gasteiger partial charge < -0.3 is 15.1 Å². The molecule has 0 aliphatic carbocycles. The molecular weight excluding hydrogens is 244 g/mol. The van der Waals surface area contributed by atoms with E-state index in [2.05, 4.69) is 0 Å². The van der Waals surface area contributed by atoms with E-state index in [9.17, 15) is 15.0 Å². The lowest BCUT2D eigenvalue weighted by Gasteiger charge is -2.24. The van der Waals surface area contributed by atoms with Gasteiger partial charge in [0, 0.05) is 13.1 Å². The molecule has 0 bridgehead atoms. The summed E-state index contributed by atoms with van der Waals surface area (Å²) >= 11 is 0. The minimum Gasteiger partial charge on any atom is -0.508 e. The highest BCUT2D eigenvalue weighted by molar-refractivity contribution is 5.97. The molecule has 0 aliphatic heterocycles. The minimum atomic E-state index is -0.377. The Bertz CT molecular complexity index is 492. The number of phenolic OH excluding ortho intramolecular Hbond substituents is 2. The van der Waals surface area contributed by atoms with Crippen molar-refractivity contribution >= 4 is 5.91 Å². The first-order chi connectivity index (χ1) is 8.95. The normalized spacial score (nSPS) is 10.2. The lowest BCUT2D eigenvalue weighted by molar-refractivity contribution is 0.0736. The smallest absolute Gasteiger partial charge is 0.257 e. The van der Waals surface area contributed by atoms with Gasteiger partial charge in [-0.25, -0.2) is 0 Å². The largest absolute Gasteiger partial charge is 0.508 e. The Morgan fingerprint density at radius 2 is 2.11 bits per heavy atom. The summed E-state index contributed by atoms with van der Waals surface area (Å²) in [6, 6.07) is 5.82. The molecule has 1 aromatic rings. The third kappa shape index (κ3) is 4.18. The molecule has 0 unspecified atom stereocenters. The lowest BCUT2D eigenvalue weighted by atomic mass is 10.1. The summed E-state index contributed by atoms with van der Waals surface area (Å²) in [5.41, 5.74) is 0.0542. The second-order valence-electron chi connectivity index (χ2n) is 4.75. The molecule has 102 valence electrons. The van der Waals surface area contributed by atoms with E-state index in [0.717, 1.165) is 0 Å².